The molecule has 1 aromatic rings. The van der Waals surface area contributed by atoms with E-state index in [-0.39, 0.29) is 22.5 Å². The number of ether oxygens (including phenoxy) is 3. The quantitative estimate of drug-likeness (QED) is 0.747. The molecule has 0 saturated carbocycles. The molecular weight excluding hydrogens is 360 g/mol. The molecule has 1 aliphatic heterocycles. The van der Waals surface area contributed by atoms with Crippen LogP contribution in [0.25, 0.3) is 0 Å². The molecule has 0 bridgehead atoms. The first-order valence-electron chi connectivity index (χ1n) is 8.41. The van der Waals surface area contributed by atoms with Crippen LogP contribution in [-0.2, 0) is 19.6 Å². The summed E-state index contributed by atoms with van der Waals surface area (Å²) < 4.78 is 43.8. The molecule has 1 atom stereocenters. The predicted octanol–water partition coefficient (Wildman–Crippen LogP) is 0.866. The van der Waals surface area contributed by atoms with Crippen molar-refractivity contribution in [3.63, 3.8) is 0 Å². The fourth-order valence-corrected chi connectivity index (χ4v) is 4.17. The van der Waals surface area contributed by atoms with Crippen molar-refractivity contribution in [2.75, 3.05) is 40.5 Å². The molecule has 26 heavy (non-hydrogen) atoms. The van der Waals surface area contributed by atoms with E-state index in [4.69, 9.17) is 14.2 Å². The molecule has 9 heteroatoms. The van der Waals surface area contributed by atoms with Crippen molar-refractivity contribution < 1.29 is 27.4 Å². The Morgan fingerprint density at radius 1 is 1.19 bits per heavy atom. The lowest BCUT2D eigenvalue weighted by molar-refractivity contribution is -0.138. The first-order chi connectivity index (χ1) is 12.3. The summed E-state index contributed by atoms with van der Waals surface area (Å²) in [5.41, 5.74) is 0. The Balaban J connectivity index is 2.28. The monoisotopic (exact) mass is 386 g/mol. The topological polar surface area (TPSA) is 94.2 Å². The lowest BCUT2D eigenvalue weighted by Gasteiger charge is -2.32. The van der Waals surface area contributed by atoms with E-state index < -0.39 is 16.1 Å². The zero-order chi connectivity index (χ0) is 19.3. The van der Waals surface area contributed by atoms with E-state index in [0.717, 1.165) is 0 Å². The highest BCUT2D eigenvalue weighted by atomic mass is 32.2. The first-order valence-corrected chi connectivity index (χ1v) is 9.89. The number of amides is 1. The van der Waals surface area contributed by atoms with E-state index in [1.54, 1.807) is 18.7 Å². The van der Waals surface area contributed by atoms with Crippen LogP contribution in [0.3, 0.4) is 0 Å². The summed E-state index contributed by atoms with van der Waals surface area (Å²) in [7, 11) is -1.10. The van der Waals surface area contributed by atoms with E-state index in [9.17, 15) is 13.2 Å². The second kappa shape index (κ2) is 8.70. The highest BCUT2D eigenvalue weighted by molar-refractivity contribution is 7.89. The molecule has 1 heterocycles. The standard InChI is InChI=1S/C17H26N2O6S/c1-12(2)16(17(20)19-7-9-25-10-8-19)18-26(21,22)15-6-5-13(23-3)11-14(15)24-4/h5-6,11-12,16,18H,7-10H2,1-4H3/t16-/m1/s1. The normalized spacial score (nSPS) is 16.4. The van der Waals surface area contributed by atoms with Crippen molar-refractivity contribution in [3.8, 4) is 11.5 Å². The number of carbonyl (C=O) groups excluding carboxylic acids is 1. The second-order valence-corrected chi connectivity index (χ2v) is 7.98. The molecule has 0 aromatic heterocycles. The maximum absolute atomic E-state index is 12.9. The number of hydrogen-bond acceptors (Lipinski definition) is 6. The van der Waals surface area contributed by atoms with Gasteiger partial charge in [0.05, 0.1) is 27.4 Å². The van der Waals surface area contributed by atoms with Crippen molar-refractivity contribution in [2.45, 2.75) is 24.8 Å². The van der Waals surface area contributed by atoms with Gasteiger partial charge >= 0.3 is 0 Å². The Hall–Kier alpha value is -1.84. The average Bonchev–Trinajstić information content (AvgIpc) is 2.65. The number of morpholine rings is 1. The fourth-order valence-electron chi connectivity index (χ4n) is 2.68. The van der Waals surface area contributed by atoms with Gasteiger partial charge in [0.2, 0.25) is 15.9 Å². The van der Waals surface area contributed by atoms with Crippen LogP contribution in [0, 0.1) is 5.92 Å². The maximum atomic E-state index is 12.9. The summed E-state index contributed by atoms with van der Waals surface area (Å²) in [5, 5.41) is 0. The Morgan fingerprint density at radius 3 is 2.38 bits per heavy atom. The maximum Gasteiger partial charge on any atom is 0.244 e. The van der Waals surface area contributed by atoms with Crippen molar-refractivity contribution in [2.24, 2.45) is 5.92 Å². The van der Waals surface area contributed by atoms with Gasteiger partial charge in [-0.2, -0.15) is 4.72 Å². The first kappa shape index (κ1) is 20.5. The summed E-state index contributed by atoms with van der Waals surface area (Å²) in [5.74, 6) is 0.160. The largest absolute Gasteiger partial charge is 0.497 e. The minimum atomic E-state index is -3.97. The molecule has 0 unspecified atom stereocenters. The Labute approximate surface area is 154 Å². The van der Waals surface area contributed by atoms with Gasteiger partial charge in [-0.15, -0.1) is 0 Å². The van der Waals surface area contributed by atoms with Gasteiger partial charge in [-0.25, -0.2) is 8.42 Å². The van der Waals surface area contributed by atoms with Crippen LogP contribution in [0.2, 0.25) is 0 Å². The van der Waals surface area contributed by atoms with Gasteiger partial charge in [0.1, 0.15) is 22.4 Å². The number of benzene rings is 1. The van der Waals surface area contributed by atoms with Crippen LogP contribution >= 0.6 is 0 Å². The summed E-state index contributed by atoms with van der Waals surface area (Å²) in [6.45, 7) is 5.42. The third kappa shape index (κ3) is 4.66. The summed E-state index contributed by atoms with van der Waals surface area (Å²) in [4.78, 5) is 14.4. The van der Waals surface area contributed by atoms with Crippen LogP contribution in [0.5, 0.6) is 11.5 Å². The molecule has 2 rings (SSSR count). The van der Waals surface area contributed by atoms with Gasteiger partial charge in [0.15, 0.2) is 0 Å². The van der Waals surface area contributed by atoms with Crippen LogP contribution in [0.15, 0.2) is 23.1 Å². The summed E-state index contributed by atoms with van der Waals surface area (Å²) >= 11 is 0. The smallest absolute Gasteiger partial charge is 0.244 e. The lowest BCUT2D eigenvalue weighted by Crippen LogP contribution is -2.53. The molecule has 1 N–H and O–H groups in total. The Bertz CT molecular complexity index is 729. The third-order valence-corrected chi connectivity index (χ3v) is 5.68. The number of methoxy groups -OCH3 is 2. The van der Waals surface area contributed by atoms with Gasteiger partial charge in [-0.3, -0.25) is 4.79 Å². The van der Waals surface area contributed by atoms with Crippen LogP contribution in [-0.4, -0.2) is 65.8 Å². The molecule has 0 radical (unpaired) electrons. The number of carbonyl (C=O) groups is 1. The minimum absolute atomic E-state index is 0.0405. The van der Waals surface area contributed by atoms with Crippen LogP contribution in [0.4, 0.5) is 0 Å². The second-order valence-electron chi connectivity index (χ2n) is 6.30. The molecule has 8 nitrogen and oxygen atoms in total. The van der Waals surface area contributed by atoms with Gasteiger partial charge in [0.25, 0.3) is 0 Å². The summed E-state index contributed by atoms with van der Waals surface area (Å²) in [6.07, 6.45) is 0. The van der Waals surface area contributed by atoms with Gasteiger partial charge in [0, 0.05) is 19.2 Å². The molecular formula is C17H26N2O6S. The highest BCUT2D eigenvalue weighted by Crippen LogP contribution is 2.28. The Morgan fingerprint density at radius 2 is 1.85 bits per heavy atom. The molecule has 146 valence electrons. The number of sulfonamides is 1. The number of hydrogen-bond donors (Lipinski definition) is 1. The SMILES string of the molecule is COc1ccc(S(=O)(=O)N[C@@H](C(=O)N2CCOCC2)C(C)C)c(OC)c1. The predicted molar refractivity (Wildman–Crippen MR) is 95.9 cm³/mol. The highest BCUT2D eigenvalue weighted by Gasteiger charge is 2.33. The van der Waals surface area contributed by atoms with E-state index in [1.165, 1.54) is 32.4 Å². The van der Waals surface area contributed by atoms with E-state index in [2.05, 4.69) is 4.72 Å². The van der Waals surface area contributed by atoms with Crippen molar-refractivity contribution >= 4 is 15.9 Å². The molecule has 1 fully saturated rings. The van der Waals surface area contributed by atoms with Crippen molar-refractivity contribution in [3.05, 3.63) is 18.2 Å². The van der Waals surface area contributed by atoms with E-state index in [0.29, 0.717) is 32.1 Å². The summed E-state index contributed by atoms with van der Waals surface area (Å²) in [6, 6.07) is 3.55. The fraction of sp³-hybridized carbons (Fsp3) is 0.588. The van der Waals surface area contributed by atoms with Crippen LogP contribution in [0.1, 0.15) is 13.8 Å². The lowest BCUT2D eigenvalue weighted by atomic mass is 10.0. The van der Waals surface area contributed by atoms with Gasteiger partial charge < -0.3 is 19.1 Å². The van der Waals surface area contributed by atoms with Crippen LogP contribution < -0.4 is 14.2 Å². The zero-order valence-electron chi connectivity index (χ0n) is 15.5. The molecule has 1 amide bonds. The molecule has 1 saturated heterocycles. The number of rotatable bonds is 7. The molecule has 1 aliphatic rings. The van der Waals surface area contributed by atoms with Gasteiger partial charge in [-0.1, -0.05) is 13.8 Å². The molecule has 1 aromatic carbocycles. The number of nitrogens with zero attached hydrogens (tertiary/aromatic N) is 1. The van der Waals surface area contributed by atoms with E-state index in [1.807, 2.05) is 0 Å². The van der Waals surface area contributed by atoms with Crippen molar-refractivity contribution in [1.29, 1.82) is 0 Å². The van der Waals surface area contributed by atoms with E-state index >= 15 is 0 Å². The average molecular weight is 386 g/mol. The van der Waals surface area contributed by atoms with Crippen molar-refractivity contribution in [1.82, 2.24) is 9.62 Å². The molecule has 0 spiro atoms. The van der Waals surface area contributed by atoms with Gasteiger partial charge in [-0.05, 0) is 18.1 Å². The zero-order valence-corrected chi connectivity index (χ0v) is 16.3. The number of nitrogens with one attached hydrogen (secondary N) is 1. The minimum Gasteiger partial charge on any atom is -0.497 e. The molecule has 0 aliphatic carbocycles. The third-order valence-electron chi connectivity index (χ3n) is 4.20. The Kier molecular flexibility index (Phi) is 6.85.